The van der Waals surface area contributed by atoms with Crippen LogP contribution in [0.2, 0.25) is 0 Å². The maximum atomic E-state index is 2.47. The molecule has 0 atom stereocenters. The predicted molar refractivity (Wildman–Crippen MR) is 233 cm³/mol. The summed E-state index contributed by atoms with van der Waals surface area (Å²) in [6, 6.07) is 71.3. The van der Waals surface area contributed by atoms with Crippen LogP contribution >= 0.6 is 11.8 Å². The minimum atomic E-state index is 1.17. The van der Waals surface area contributed by atoms with Crippen LogP contribution < -0.4 is 0 Å². The highest BCUT2D eigenvalue weighted by atomic mass is 32.2. The van der Waals surface area contributed by atoms with Gasteiger partial charge in [0.05, 0.1) is 22.1 Å². The largest absolute Gasteiger partial charge is 0.309 e. The van der Waals surface area contributed by atoms with Crippen LogP contribution in [-0.2, 0) is 0 Å². The van der Waals surface area contributed by atoms with E-state index in [1.54, 1.807) is 0 Å². The molecule has 55 heavy (non-hydrogen) atoms. The Morgan fingerprint density at radius 3 is 1.69 bits per heavy atom. The van der Waals surface area contributed by atoms with E-state index < -0.39 is 0 Å². The maximum Gasteiger partial charge on any atom is 0.0558 e. The van der Waals surface area contributed by atoms with Crippen molar-refractivity contribution in [3.63, 3.8) is 0 Å². The number of fused-ring (bicyclic) bond motifs is 9. The fourth-order valence-corrected chi connectivity index (χ4v) is 10.3. The van der Waals surface area contributed by atoms with Crippen LogP contribution in [0.15, 0.2) is 204 Å². The van der Waals surface area contributed by atoms with Crippen LogP contribution in [0.4, 0.5) is 0 Å². The summed E-state index contributed by atoms with van der Waals surface area (Å²) in [6.07, 6.45) is 0. The van der Waals surface area contributed by atoms with Crippen molar-refractivity contribution in [3.05, 3.63) is 194 Å². The van der Waals surface area contributed by atoms with E-state index in [9.17, 15) is 0 Å². The second kappa shape index (κ2) is 11.8. The second-order valence-electron chi connectivity index (χ2n) is 14.5. The van der Waals surface area contributed by atoms with Crippen molar-refractivity contribution in [2.24, 2.45) is 0 Å². The van der Waals surface area contributed by atoms with E-state index in [1.165, 1.54) is 109 Å². The number of rotatable bonds is 4. The van der Waals surface area contributed by atoms with Gasteiger partial charge in [-0.1, -0.05) is 151 Å². The lowest BCUT2D eigenvalue weighted by molar-refractivity contribution is 1.16. The van der Waals surface area contributed by atoms with Crippen LogP contribution in [0, 0.1) is 0 Å². The lowest BCUT2D eigenvalue weighted by Crippen LogP contribution is -1.99. The third-order valence-electron chi connectivity index (χ3n) is 11.5. The fraction of sp³-hybridized carbons (Fsp3) is 0. The summed E-state index contributed by atoms with van der Waals surface area (Å²) in [4.78, 5) is 2.57. The zero-order valence-electron chi connectivity index (χ0n) is 29.8. The number of hydrogen-bond donors (Lipinski definition) is 0. The molecule has 2 aromatic heterocycles. The molecular weight excluding hydrogens is 685 g/mol. The van der Waals surface area contributed by atoms with Gasteiger partial charge < -0.3 is 9.13 Å². The quantitative estimate of drug-likeness (QED) is 0.176. The molecule has 12 rings (SSSR count). The minimum absolute atomic E-state index is 1.17. The zero-order valence-corrected chi connectivity index (χ0v) is 30.6. The lowest BCUT2D eigenvalue weighted by atomic mass is 9.94. The van der Waals surface area contributed by atoms with E-state index in [1.807, 2.05) is 11.8 Å². The molecule has 3 heteroatoms. The molecule has 0 radical (unpaired) electrons. The summed E-state index contributed by atoms with van der Waals surface area (Å²) < 4.78 is 4.91. The van der Waals surface area contributed by atoms with Crippen molar-refractivity contribution in [1.29, 1.82) is 0 Å². The molecule has 0 spiro atoms. The van der Waals surface area contributed by atoms with E-state index in [4.69, 9.17) is 0 Å². The Hall–Kier alpha value is -6.81. The topological polar surface area (TPSA) is 9.86 Å². The first-order valence-electron chi connectivity index (χ1n) is 18.8. The molecule has 3 heterocycles. The monoisotopic (exact) mass is 716 g/mol. The van der Waals surface area contributed by atoms with Crippen LogP contribution in [0.3, 0.4) is 0 Å². The highest BCUT2D eigenvalue weighted by molar-refractivity contribution is 7.99. The Morgan fingerprint density at radius 2 is 0.891 bits per heavy atom. The molecule has 0 unspecified atom stereocenters. The Morgan fingerprint density at radius 1 is 0.291 bits per heavy atom. The molecule has 0 amide bonds. The Bertz CT molecular complexity index is 3330. The second-order valence-corrected chi connectivity index (χ2v) is 15.6. The van der Waals surface area contributed by atoms with Gasteiger partial charge in [0.25, 0.3) is 0 Å². The molecule has 1 aliphatic heterocycles. The van der Waals surface area contributed by atoms with Gasteiger partial charge in [-0.15, -0.1) is 0 Å². The van der Waals surface area contributed by atoms with Gasteiger partial charge in [-0.05, 0) is 93.4 Å². The minimum Gasteiger partial charge on any atom is -0.309 e. The van der Waals surface area contributed by atoms with Crippen molar-refractivity contribution < 1.29 is 0 Å². The molecule has 0 aliphatic carbocycles. The fourth-order valence-electron chi connectivity index (χ4n) is 9.08. The van der Waals surface area contributed by atoms with E-state index in [0.29, 0.717) is 0 Å². The zero-order chi connectivity index (χ0) is 36.0. The summed E-state index contributed by atoms with van der Waals surface area (Å²) in [5, 5.41) is 7.76. The van der Waals surface area contributed by atoms with Gasteiger partial charge in [0.2, 0.25) is 0 Å². The Kier molecular flexibility index (Phi) is 6.60. The average Bonchev–Trinajstić information content (AvgIpc) is 3.77. The summed E-state index contributed by atoms with van der Waals surface area (Å²) in [6.45, 7) is 0. The number of para-hydroxylation sites is 2. The van der Waals surface area contributed by atoms with Crippen molar-refractivity contribution in [1.82, 2.24) is 9.13 Å². The number of hydrogen-bond acceptors (Lipinski definition) is 1. The van der Waals surface area contributed by atoms with Crippen LogP contribution in [0.5, 0.6) is 0 Å². The predicted octanol–water partition coefficient (Wildman–Crippen LogP) is 14.5. The van der Waals surface area contributed by atoms with Crippen LogP contribution in [0.1, 0.15) is 0 Å². The normalized spacial score (nSPS) is 12.3. The summed E-state index contributed by atoms with van der Waals surface area (Å²) in [5.41, 5.74) is 14.7. The molecule has 0 saturated carbocycles. The Balaban J connectivity index is 1.06. The molecule has 9 aromatic carbocycles. The van der Waals surface area contributed by atoms with Crippen molar-refractivity contribution >= 4 is 66.1 Å². The lowest BCUT2D eigenvalue weighted by Gasteiger charge is -2.22. The van der Waals surface area contributed by atoms with Crippen molar-refractivity contribution in [2.45, 2.75) is 9.79 Å². The third-order valence-corrected chi connectivity index (χ3v) is 12.6. The van der Waals surface area contributed by atoms with E-state index >= 15 is 0 Å². The molecular formula is C52H32N2S. The van der Waals surface area contributed by atoms with Crippen molar-refractivity contribution in [2.75, 3.05) is 0 Å². The van der Waals surface area contributed by atoms with Gasteiger partial charge in [0, 0.05) is 48.1 Å². The molecule has 0 fully saturated rings. The van der Waals surface area contributed by atoms with E-state index in [0.717, 1.165) is 0 Å². The standard InChI is InChI=1S/C52H32N2S/c1-3-13-33(14-4-1)35-17-11-18-37(29-35)54-46-24-10-8-20-42(46)51-43-22-12-21-41-40-27-26-38(31-49(40)55-50(52(41)43)32-48(51)54)53-45-23-9-7-19-39(45)44-30-36(25-28-47(44)53)34-15-5-2-6-16-34/h1-32H. The molecule has 11 aromatic rings. The third kappa shape index (κ3) is 4.57. The van der Waals surface area contributed by atoms with Gasteiger partial charge in [-0.25, -0.2) is 0 Å². The summed E-state index contributed by atoms with van der Waals surface area (Å²) in [5.74, 6) is 0. The number of benzene rings is 9. The SMILES string of the molecule is c1ccc(-c2cccc(-n3c4ccccc4c4c5cccc6c5c(cc43)Sc3cc(-n4c5ccccc5c5cc(-c7ccccc7)ccc54)ccc3-6)c2)cc1. The first kappa shape index (κ1) is 30.6. The molecule has 0 bridgehead atoms. The van der Waals surface area contributed by atoms with Gasteiger partial charge in [0.15, 0.2) is 0 Å². The molecule has 1 aliphatic rings. The first-order chi connectivity index (χ1) is 27.3. The summed E-state index contributed by atoms with van der Waals surface area (Å²) in [7, 11) is 0. The maximum absolute atomic E-state index is 2.47. The molecule has 0 saturated heterocycles. The van der Waals surface area contributed by atoms with Gasteiger partial charge in [-0.3, -0.25) is 0 Å². The highest BCUT2D eigenvalue weighted by Gasteiger charge is 2.25. The number of aromatic nitrogens is 2. The van der Waals surface area contributed by atoms with Gasteiger partial charge >= 0.3 is 0 Å². The van der Waals surface area contributed by atoms with E-state index in [2.05, 4.69) is 203 Å². The van der Waals surface area contributed by atoms with Crippen molar-refractivity contribution in [3.8, 4) is 44.8 Å². The smallest absolute Gasteiger partial charge is 0.0558 e. The van der Waals surface area contributed by atoms with Crippen LogP contribution in [0.25, 0.3) is 99.1 Å². The molecule has 2 nitrogen and oxygen atoms in total. The van der Waals surface area contributed by atoms with Gasteiger partial charge in [-0.2, -0.15) is 0 Å². The molecule has 256 valence electrons. The van der Waals surface area contributed by atoms with Crippen LogP contribution in [-0.4, -0.2) is 9.13 Å². The van der Waals surface area contributed by atoms with Gasteiger partial charge in [0.1, 0.15) is 0 Å². The average molecular weight is 717 g/mol. The molecule has 0 N–H and O–H groups in total. The first-order valence-corrected chi connectivity index (χ1v) is 19.7. The Labute approximate surface area is 322 Å². The number of nitrogens with zero attached hydrogens (tertiary/aromatic N) is 2. The highest BCUT2D eigenvalue weighted by Crippen LogP contribution is 2.52. The van der Waals surface area contributed by atoms with E-state index in [-0.39, 0.29) is 0 Å². The summed E-state index contributed by atoms with van der Waals surface area (Å²) >= 11 is 1.90.